The number of aromatic nitrogens is 3. The van der Waals surface area contributed by atoms with E-state index in [1.54, 1.807) is 0 Å². The monoisotopic (exact) mass is 863 g/mol. The molecular weight excluding hydrogens is 823 g/mol. The second kappa shape index (κ2) is 16.4. The van der Waals surface area contributed by atoms with Crippen molar-refractivity contribution in [3.05, 3.63) is 249 Å². The lowest BCUT2D eigenvalue weighted by Crippen LogP contribution is -1.95. The van der Waals surface area contributed by atoms with Gasteiger partial charge in [-0.05, 0) is 113 Å². The van der Waals surface area contributed by atoms with Crippen molar-refractivity contribution in [1.29, 1.82) is 0 Å². The van der Waals surface area contributed by atoms with Gasteiger partial charge >= 0.3 is 0 Å². The van der Waals surface area contributed by atoms with Crippen molar-refractivity contribution in [2.24, 2.45) is 0 Å². The standard InChI is InChI=1S/C65H41N3/c1-3-15-42(16-4-1)44-27-29-46(30-28-44)49-39-61(47-33-31-45(32-34-47)43-17-5-2-6-18-43)67-62(40-49)51-35-50(60-38-48-19-7-8-20-53(48)54-21-9-10-24-57(54)60)36-52(37-51)63-41-66-64-58-25-13-11-22-55(58)56-23-12-14-26-59(56)65(64)68-63/h1-41H. The molecule has 0 saturated heterocycles. The van der Waals surface area contributed by atoms with E-state index in [0.717, 1.165) is 77.8 Å². The summed E-state index contributed by atoms with van der Waals surface area (Å²) in [5.74, 6) is 0. The number of hydrogen-bond acceptors (Lipinski definition) is 3. The van der Waals surface area contributed by atoms with Crippen LogP contribution in [0, 0.1) is 0 Å². The molecule has 0 bridgehead atoms. The third kappa shape index (κ3) is 6.97. The van der Waals surface area contributed by atoms with E-state index in [-0.39, 0.29) is 0 Å². The number of rotatable bonds is 7. The lowest BCUT2D eigenvalue weighted by Gasteiger charge is -2.16. The zero-order valence-electron chi connectivity index (χ0n) is 37.0. The van der Waals surface area contributed by atoms with E-state index in [4.69, 9.17) is 15.0 Å². The smallest absolute Gasteiger partial charge is 0.0979 e. The first-order chi connectivity index (χ1) is 33.7. The van der Waals surface area contributed by atoms with E-state index in [9.17, 15) is 0 Å². The Hall–Kier alpha value is -9.05. The van der Waals surface area contributed by atoms with Gasteiger partial charge in [0.1, 0.15) is 0 Å². The van der Waals surface area contributed by atoms with Crippen LogP contribution in [0.15, 0.2) is 249 Å². The molecule has 3 heteroatoms. The van der Waals surface area contributed by atoms with E-state index < -0.39 is 0 Å². The van der Waals surface area contributed by atoms with E-state index >= 15 is 0 Å². The number of pyridine rings is 1. The molecule has 0 fully saturated rings. The molecule has 0 unspecified atom stereocenters. The quantitative estimate of drug-likeness (QED) is 0.150. The summed E-state index contributed by atoms with van der Waals surface area (Å²) in [6.45, 7) is 0. The minimum absolute atomic E-state index is 0.801. The van der Waals surface area contributed by atoms with E-state index in [2.05, 4.69) is 243 Å². The molecule has 3 nitrogen and oxygen atoms in total. The van der Waals surface area contributed by atoms with Crippen molar-refractivity contribution in [3.63, 3.8) is 0 Å². The average molecular weight is 864 g/mol. The molecule has 0 saturated carbocycles. The molecule has 316 valence electrons. The maximum Gasteiger partial charge on any atom is 0.0979 e. The van der Waals surface area contributed by atoms with Crippen LogP contribution in [-0.2, 0) is 0 Å². The second-order valence-electron chi connectivity index (χ2n) is 17.5. The van der Waals surface area contributed by atoms with Crippen LogP contribution in [0.5, 0.6) is 0 Å². The first-order valence-electron chi connectivity index (χ1n) is 23.2. The van der Waals surface area contributed by atoms with Crippen LogP contribution < -0.4 is 0 Å². The van der Waals surface area contributed by atoms with Crippen molar-refractivity contribution in [1.82, 2.24) is 15.0 Å². The third-order valence-electron chi connectivity index (χ3n) is 13.5. The Morgan fingerprint density at radius 1 is 0.221 bits per heavy atom. The molecule has 2 aromatic heterocycles. The van der Waals surface area contributed by atoms with Gasteiger partial charge in [0.2, 0.25) is 0 Å². The summed E-state index contributed by atoms with van der Waals surface area (Å²) < 4.78 is 0. The molecule has 0 amide bonds. The SMILES string of the molecule is c1ccc(-c2ccc(-c3cc(-c4ccc(-c5ccccc5)cc4)nc(-c4cc(-c5cnc6c7ccccc7c7ccccc7c6n5)cc(-c5cc6ccccc6c6ccccc56)c4)c3)cc2)cc1. The van der Waals surface area contributed by atoms with Gasteiger partial charge in [0, 0.05) is 27.5 Å². The Bertz CT molecular complexity index is 3910. The van der Waals surface area contributed by atoms with Crippen LogP contribution in [0.3, 0.4) is 0 Å². The second-order valence-corrected chi connectivity index (χ2v) is 17.5. The average Bonchev–Trinajstić information content (AvgIpc) is 3.43. The van der Waals surface area contributed by atoms with Gasteiger partial charge in [0.05, 0.1) is 34.3 Å². The summed E-state index contributed by atoms with van der Waals surface area (Å²) in [6, 6.07) is 86.9. The van der Waals surface area contributed by atoms with Crippen LogP contribution in [-0.4, -0.2) is 15.0 Å². The summed E-state index contributed by atoms with van der Waals surface area (Å²) in [7, 11) is 0. The van der Waals surface area contributed by atoms with Crippen LogP contribution in [0.4, 0.5) is 0 Å². The van der Waals surface area contributed by atoms with Crippen LogP contribution in [0.25, 0.3) is 132 Å². The highest BCUT2D eigenvalue weighted by Gasteiger charge is 2.18. The molecule has 2 heterocycles. The fraction of sp³-hybridized carbons (Fsp3) is 0. The summed E-state index contributed by atoms with van der Waals surface area (Å²) in [6.07, 6.45) is 1.95. The fourth-order valence-corrected chi connectivity index (χ4v) is 10.1. The van der Waals surface area contributed by atoms with Gasteiger partial charge < -0.3 is 0 Å². The predicted molar refractivity (Wildman–Crippen MR) is 285 cm³/mol. The minimum Gasteiger partial charge on any atom is -0.252 e. The van der Waals surface area contributed by atoms with E-state index in [1.807, 2.05) is 6.20 Å². The van der Waals surface area contributed by atoms with Gasteiger partial charge in [-0.15, -0.1) is 0 Å². The first-order valence-corrected chi connectivity index (χ1v) is 23.2. The lowest BCUT2D eigenvalue weighted by molar-refractivity contribution is 1.30. The molecule has 0 aliphatic rings. The van der Waals surface area contributed by atoms with Crippen molar-refractivity contribution in [2.45, 2.75) is 0 Å². The molecule has 0 radical (unpaired) electrons. The molecular formula is C65H41N3. The van der Waals surface area contributed by atoms with Crippen LogP contribution in [0.1, 0.15) is 0 Å². The molecule has 13 aromatic rings. The largest absolute Gasteiger partial charge is 0.252 e. The summed E-state index contributed by atoms with van der Waals surface area (Å²) >= 11 is 0. The molecule has 13 rings (SSSR count). The predicted octanol–water partition coefficient (Wildman–Crippen LogP) is 17.3. The maximum atomic E-state index is 5.54. The highest BCUT2D eigenvalue weighted by molar-refractivity contribution is 6.23. The van der Waals surface area contributed by atoms with Crippen LogP contribution >= 0.6 is 0 Å². The van der Waals surface area contributed by atoms with Crippen LogP contribution in [0.2, 0.25) is 0 Å². The minimum atomic E-state index is 0.801. The third-order valence-corrected chi connectivity index (χ3v) is 13.5. The molecule has 0 spiro atoms. The van der Waals surface area contributed by atoms with Gasteiger partial charge in [0.25, 0.3) is 0 Å². The Morgan fingerprint density at radius 3 is 1.24 bits per heavy atom. The van der Waals surface area contributed by atoms with Gasteiger partial charge in [-0.3, -0.25) is 4.98 Å². The normalized spacial score (nSPS) is 11.5. The number of benzene rings is 11. The molecule has 68 heavy (non-hydrogen) atoms. The molecule has 0 aliphatic heterocycles. The zero-order chi connectivity index (χ0) is 45.0. The maximum absolute atomic E-state index is 5.54. The van der Waals surface area contributed by atoms with Gasteiger partial charge in [-0.1, -0.05) is 206 Å². The topological polar surface area (TPSA) is 38.7 Å². The van der Waals surface area contributed by atoms with Crippen molar-refractivity contribution in [3.8, 4) is 78.3 Å². The lowest BCUT2D eigenvalue weighted by atomic mass is 9.90. The number of hydrogen-bond donors (Lipinski definition) is 0. The summed E-state index contributed by atoms with van der Waals surface area (Å²) in [5.41, 5.74) is 16.5. The summed E-state index contributed by atoms with van der Waals surface area (Å²) in [4.78, 5) is 16.3. The zero-order valence-corrected chi connectivity index (χ0v) is 37.0. The molecule has 0 aliphatic carbocycles. The van der Waals surface area contributed by atoms with E-state index in [1.165, 1.54) is 54.6 Å². The Labute approximate surface area is 394 Å². The fourth-order valence-electron chi connectivity index (χ4n) is 10.1. The highest BCUT2D eigenvalue weighted by atomic mass is 14.8. The number of fused-ring (bicyclic) bond motifs is 9. The van der Waals surface area contributed by atoms with Crippen molar-refractivity contribution >= 4 is 54.1 Å². The molecule has 11 aromatic carbocycles. The van der Waals surface area contributed by atoms with Gasteiger partial charge in [0.15, 0.2) is 0 Å². The Kier molecular flexibility index (Phi) is 9.50. The highest BCUT2D eigenvalue weighted by Crippen LogP contribution is 2.41. The number of nitrogens with zero attached hydrogens (tertiary/aromatic N) is 3. The Balaban J connectivity index is 1.05. The van der Waals surface area contributed by atoms with Gasteiger partial charge in [-0.2, -0.15) is 0 Å². The van der Waals surface area contributed by atoms with E-state index in [0.29, 0.717) is 0 Å². The van der Waals surface area contributed by atoms with Gasteiger partial charge in [-0.25, -0.2) is 9.97 Å². The molecule has 0 atom stereocenters. The summed E-state index contributed by atoms with van der Waals surface area (Å²) in [5, 5.41) is 9.36. The molecule has 0 N–H and O–H groups in total. The van der Waals surface area contributed by atoms with Crippen molar-refractivity contribution < 1.29 is 0 Å². The Morgan fingerprint density at radius 2 is 0.632 bits per heavy atom. The first kappa shape index (κ1) is 39.3. The van der Waals surface area contributed by atoms with Crippen molar-refractivity contribution in [2.75, 3.05) is 0 Å².